The lowest BCUT2D eigenvalue weighted by atomic mass is 10.1. The van der Waals surface area contributed by atoms with Gasteiger partial charge in [0.15, 0.2) is 0 Å². The van der Waals surface area contributed by atoms with Crippen molar-refractivity contribution in [3.8, 4) is 0 Å². The van der Waals surface area contributed by atoms with Gasteiger partial charge in [-0.25, -0.2) is 18.6 Å². The summed E-state index contributed by atoms with van der Waals surface area (Å²) in [6.45, 7) is 1.82. The Hall–Kier alpha value is -0.560. The second-order valence-corrected chi connectivity index (χ2v) is 4.33. The van der Waals surface area contributed by atoms with Crippen molar-refractivity contribution >= 4 is 37.8 Å². The molecular formula is C10H9Br2F2NO2. The fourth-order valence-corrected chi connectivity index (χ4v) is 2.13. The molecule has 1 aromatic heterocycles. The summed E-state index contributed by atoms with van der Waals surface area (Å²) < 4.78 is 30.4. The molecule has 0 aliphatic rings. The molecule has 0 aliphatic heterocycles. The van der Waals surface area contributed by atoms with Crippen LogP contribution in [0.3, 0.4) is 0 Å². The van der Waals surface area contributed by atoms with E-state index >= 15 is 0 Å². The molecule has 0 aliphatic carbocycles. The number of halogens is 4. The number of nitrogens with zero attached hydrogens (tertiary/aromatic N) is 1. The van der Waals surface area contributed by atoms with Crippen LogP contribution in [-0.4, -0.2) is 17.6 Å². The van der Waals surface area contributed by atoms with Gasteiger partial charge in [-0.3, -0.25) is 0 Å². The van der Waals surface area contributed by atoms with Crippen molar-refractivity contribution in [2.45, 2.75) is 18.7 Å². The van der Waals surface area contributed by atoms with Crippen LogP contribution in [0.2, 0.25) is 0 Å². The molecule has 1 rings (SSSR count). The van der Waals surface area contributed by atoms with Crippen molar-refractivity contribution in [2.75, 3.05) is 6.61 Å². The van der Waals surface area contributed by atoms with Crippen LogP contribution in [0.25, 0.3) is 0 Å². The van der Waals surface area contributed by atoms with E-state index in [1.54, 1.807) is 6.92 Å². The number of rotatable bonds is 4. The molecule has 94 valence electrons. The van der Waals surface area contributed by atoms with Crippen LogP contribution in [-0.2, 0) is 10.1 Å². The highest BCUT2D eigenvalue weighted by atomic mass is 79.9. The van der Waals surface area contributed by atoms with E-state index in [0.717, 1.165) is 6.07 Å². The summed E-state index contributed by atoms with van der Waals surface area (Å²) in [5, 5.41) is 0.189. The summed E-state index contributed by atoms with van der Waals surface area (Å²) in [6, 6.07) is 1.11. The van der Waals surface area contributed by atoms with Crippen LogP contribution < -0.4 is 0 Å². The zero-order valence-corrected chi connectivity index (χ0v) is 12.0. The maximum atomic E-state index is 12.7. The monoisotopic (exact) mass is 371 g/mol. The van der Waals surface area contributed by atoms with E-state index < -0.39 is 12.4 Å². The number of carbonyl (C=O) groups is 1. The summed E-state index contributed by atoms with van der Waals surface area (Å²) in [5.41, 5.74) is -0.0695. The van der Waals surface area contributed by atoms with E-state index in [4.69, 9.17) is 4.74 Å². The Morgan fingerprint density at radius 3 is 2.71 bits per heavy atom. The highest BCUT2D eigenvalue weighted by molar-refractivity contribution is 9.10. The molecule has 0 saturated carbocycles. The first kappa shape index (κ1) is 14.5. The van der Waals surface area contributed by atoms with E-state index in [1.807, 2.05) is 0 Å². The standard InChI is InChI=1S/C10H9Br2F2NO2/c1-2-17-10(16)6-3-5(9(13)14)7(4-11)15-8(6)12/h3,9H,2,4H2,1H3. The fraction of sp³-hybridized carbons (Fsp3) is 0.400. The second kappa shape index (κ2) is 6.39. The molecule has 3 nitrogen and oxygen atoms in total. The van der Waals surface area contributed by atoms with E-state index in [0.29, 0.717) is 0 Å². The van der Waals surface area contributed by atoms with Crippen molar-refractivity contribution in [3.63, 3.8) is 0 Å². The Bertz CT molecular complexity index is 427. The molecule has 0 fully saturated rings. The number of esters is 1. The zero-order valence-electron chi connectivity index (χ0n) is 8.84. The van der Waals surface area contributed by atoms with Crippen molar-refractivity contribution < 1.29 is 18.3 Å². The summed E-state index contributed by atoms with van der Waals surface area (Å²) in [4.78, 5) is 15.4. The molecule has 0 saturated heterocycles. The van der Waals surface area contributed by atoms with Crippen LogP contribution in [0.15, 0.2) is 10.7 Å². The maximum Gasteiger partial charge on any atom is 0.340 e. The van der Waals surface area contributed by atoms with Gasteiger partial charge < -0.3 is 4.74 Å². The van der Waals surface area contributed by atoms with Gasteiger partial charge in [0.05, 0.1) is 17.9 Å². The summed E-state index contributed by atoms with van der Waals surface area (Å²) in [7, 11) is 0. The Labute approximate surface area is 114 Å². The van der Waals surface area contributed by atoms with E-state index in [-0.39, 0.29) is 33.4 Å². The molecule has 0 radical (unpaired) electrons. The SMILES string of the molecule is CCOC(=O)c1cc(C(F)F)c(CBr)nc1Br. The number of carbonyl (C=O) groups excluding carboxylic acids is 1. The molecule has 1 aromatic rings. The maximum absolute atomic E-state index is 12.7. The number of ether oxygens (including phenoxy) is 1. The zero-order chi connectivity index (χ0) is 13.0. The quantitative estimate of drug-likeness (QED) is 0.457. The number of alkyl halides is 3. The Morgan fingerprint density at radius 2 is 2.24 bits per heavy atom. The van der Waals surface area contributed by atoms with Gasteiger partial charge in [-0.1, -0.05) is 15.9 Å². The molecular weight excluding hydrogens is 364 g/mol. The third-order valence-corrected chi connectivity index (χ3v) is 3.08. The average molecular weight is 373 g/mol. The second-order valence-electron chi connectivity index (χ2n) is 3.02. The van der Waals surface area contributed by atoms with Crippen LogP contribution in [0.5, 0.6) is 0 Å². The van der Waals surface area contributed by atoms with Gasteiger partial charge in [-0.05, 0) is 28.9 Å². The van der Waals surface area contributed by atoms with Crippen LogP contribution in [0, 0.1) is 0 Å². The fourth-order valence-electron chi connectivity index (χ4n) is 1.19. The van der Waals surface area contributed by atoms with Crippen LogP contribution in [0.4, 0.5) is 8.78 Å². The van der Waals surface area contributed by atoms with E-state index in [1.165, 1.54) is 0 Å². The predicted octanol–water partition coefficient (Wildman–Crippen LogP) is 3.85. The lowest BCUT2D eigenvalue weighted by Gasteiger charge is -2.10. The van der Waals surface area contributed by atoms with Gasteiger partial charge in [0.25, 0.3) is 6.43 Å². The lowest BCUT2D eigenvalue weighted by molar-refractivity contribution is 0.0524. The minimum atomic E-state index is -2.68. The highest BCUT2D eigenvalue weighted by Gasteiger charge is 2.20. The largest absolute Gasteiger partial charge is 0.462 e. The van der Waals surface area contributed by atoms with Gasteiger partial charge in [-0.15, -0.1) is 0 Å². The number of aromatic nitrogens is 1. The smallest absolute Gasteiger partial charge is 0.340 e. The predicted molar refractivity (Wildman–Crippen MR) is 65.5 cm³/mol. The Balaban J connectivity index is 3.24. The molecule has 1 heterocycles. The molecule has 7 heteroatoms. The molecule has 0 spiro atoms. The summed E-state index contributed by atoms with van der Waals surface area (Å²) >= 11 is 6.13. The average Bonchev–Trinajstić information content (AvgIpc) is 2.28. The highest BCUT2D eigenvalue weighted by Crippen LogP contribution is 2.28. The van der Waals surface area contributed by atoms with Gasteiger partial charge in [0.1, 0.15) is 4.60 Å². The topological polar surface area (TPSA) is 39.2 Å². The number of hydrogen-bond donors (Lipinski definition) is 0. The van der Waals surface area contributed by atoms with Crippen LogP contribution in [0.1, 0.15) is 35.0 Å². The van der Waals surface area contributed by atoms with Crippen molar-refractivity contribution in [2.24, 2.45) is 0 Å². The molecule has 17 heavy (non-hydrogen) atoms. The molecule has 0 bridgehead atoms. The Morgan fingerprint density at radius 1 is 1.59 bits per heavy atom. The van der Waals surface area contributed by atoms with Crippen LogP contribution >= 0.6 is 31.9 Å². The van der Waals surface area contributed by atoms with Crippen molar-refractivity contribution in [1.82, 2.24) is 4.98 Å². The minimum absolute atomic E-state index is 0.00634. The first-order valence-electron chi connectivity index (χ1n) is 4.71. The number of pyridine rings is 1. The van der Waals surface area contributed by atoms with Gasteiger partial charge in [0.2, 0.25) is 0 Å². The third-order valence-electron chi connectivity index (χ3n) is 1.95. The first-order valence-corrected chi connectivity index (χ1v) is 6.63. The summed E-state index contributed by atoms with van der Waals surface area (Å²) in [5.74, 6) is -0.671. The number of hydrogen-bond acceptors (Lipinski definition) is 3. The van der Waals surface area contributed by atoms with Gasteiger partial charge in [0, 0.05) is 10.9 Å². The van der Waals surface area contributed by atoms with Gasteiger partial charge >= 0.3 is 5.97 Å². The molecule has 0 N–H and O–H groups in total. The first-order chi connectivity index (χ1) is 8.01. The van der Waals surface area contributed by atoms with Crippen molar-refractivity contribution in [1.29, 1.82) is 0 Å². The summed E-state index contributed by atoms with van der Waals surface area (Å²) in [6.07, 6.45) is -2.68. The van der Waals surface area contributed by atoms with E-state index in [9.17, 15) is 13.6 Å². The van der Waals surface area contributed by atoms with Crippen molar-refractivity contribution in [3.05, 3.63) is 27.5 Å². The third kappa shape index (κ3) is 3.45. The molecule has 0 unspecified atom stereocenters. The normalized spacial score (nSPS) is 10.7. The molecule has 0 aromatic carbocycles. The van der Waals surface area contributed by atoms with Gasteiger partial charge in [-0.2, -0.15) is 0 Å². The minimum Gasteiger partial charge on any atom is -0.462 e. The lowest BCUT2D eigenvalue weighted by Crippen LogP contribution is -2.09. The molecule has 0 atom stereocenters. The van der Waals surface area contributed by atoms with E-state index in [2.05, 4.69) is 36.8 Å². The Kier molecular flexibility index (Phi) is 5.45. The molecule has 0 amide bonds.